The van der Waals surface area contributed by atoms with Crippen molar-refractivity contribution in [3.05, 3.63) is 47.5 Å². The summed E-state index contributed by atoms with van der Waals surface area (Å²) >= 11 is 0. The molecule has 1 rings (SSSR count). The highest BCUT2D eigenvalue weighted by Crippen LogP contribution is 2.09. The van der Waals surface area contributed by atoms with Crippen molar-refractivity contribution >= 4 is 0 Å². The average molecular weight is 189 g/mol. The Morgan fingerprint density at radius 2 is 2.14 bits per heavy atom. The van der Waals surface area contributed by atoms with E-state index in [2.05, 4.69) is 43.9 Å². The number of benzene rings is 1. The highest BCUT2D eigenvalue weighted by atomic mass is 14.8. The maximum Gasteiger partial charge on any atom is 0.0208 e. The van der Waals surface area contributed by atoms with Gasteiger partial charge in [-0.2, -0.15) is 0 Å². The lowest BCUT2D eigenvalue weighted by Crippen LogP contribution is -2.14. The van der Waals surface area contributed by atoms with E-state index < -0.39 is 0 Å². The molecule has 0 saturated heterocycles. The van der Waals surface area contributed by atoms with Gasteiger partial charge in [0.25, 0.3) is 0 Å². The fraction of sp³-hybridized carbons (Fsp3) is 0.385. The molecule has 0 saturated carbocycles. The number of hydrogen-bond acceptors (Lipinski definition) is 1. The van der Waals surface area contributed by atoms with Crippen LogP contribution in [0.15, 0.2) is 30.9 Å². The first-order chi connectivity index (χ1) is 6.74. The molecule has 14 heavy (non-hydrogen) atoms. The van der Waals surface area contributed by atoms with Gasteiger partial charge in [-0.3, -0.25) is 0 Å². The standard InChI is InChI=1S/C13H19N/c1-4-5-8-14-10-13-7-6-11(2)9-12(13)3/h4,6-7,9,14H,1,5,8,10H2,2-3H3. The summed E-state index contributed by atoms with van der Waals surface area (Å²) in [6.45, 7) is 9.95. The summed E-state index contributed by atoms with van der Waals surface area (Å²) in [7, 11) is 0. The summed E-state index contributed by atoms with van der Waals surface area (Å²) in [5.41, 5.74) is 4.09. The number of nitrogens with one attached hydrogen (secondary N) is 1. The molecule has 0 aromatic heterocycles. The summed E-state index contributed by atoms with van der Waals surface area (Å²) in [6, 6.07) is 6.59. The van der Waals surface area contributed by atoms with E-state index in [1.54, 1.807) is 0 Å². The van der Waals surface area contributed by atoms with Gasteiger partial charge < -0.3 is 5.32 Å². The third-order valence-corrected chi connectivity index (χ3v) is 2.34. The van der Waals surface area contributed by atoms with Gasteiger partial charge in [-0.1, -0.05) is 29.8 Å². The molecule has 0 atom stereocenters. The Morgan fingerprint density at radius 3 is 2.79 bits per heavy atom. The molecular formula is C13H19N. The topological polar surface area (TPSA) is 12.0 Å². The molecule has 1 heteroatoms. The van der Waals surface area contributed by atoms with Crippen molar-refractivity contribution in [3.63, 3.8) is 0 Å². The second kappa shape index (κ2) is 5.61. The Hall–Kier alpha value is -1.08. The van der Waals surface area contributed by atoms with E-state index in [9.17, 15) is 0 Å². The fourth-order valence-electron chi connectivity index (χ4n) is 1.47. The first kappa shape index (κ1) is 11.0. The molecule has 76 valence electrons. The lowest BCUT2D eigenvalue weighted by Gasteiger charge is -2.07. The lowest BCUT2D eigenvalue weighted by molar-refractivity contribution is 0.693. The Labute approximate surface area is 86.8 Å². The van der Waals surface area contributed by atoms with Crippen molar-refractivity contribution < 1.29 is 0 Å². The van der Waals surface area contributed by atoms with Crippen LogP contribution >= 0.6 is 0 Å². The first-order valence-electron chi connectivity index (χ1n) is 5.12. The molecular weight excluding hydrogens is 170 g/mol. The van der Waals surface area contributed by atoms with Gasteiger partial charge in [-0.25, -0.2) is 0 Å². The van der Waals surface area contributed by atoms with Crippen LogP contribution in [0, 0.1) is 13.8 Å². The Balaban J connectivity index is 2.46. The van der Waals surface area contributed by atoms with Gasteiger partial charge >= 0.3 is 0 Å². The first-order valence-corrected chi connectivity index (χ1v) is 5.12. The molecule has 0 bridgehead atoms. The minimum atomic E-state index is 0.958. The van der Waals surface area contributed by atoms with Gasteiger partial charge in [-0.05, 0) is 37.9 Å². The van der Waals surface area contributed by atoms with E-state index in [1.165, 1.54) is 16.7 Å². The molecule has 0 unspecified atom stereocenters. The van der Waals surface area contributed by atoms with Gasteiger partial charge in [0, 0.05) is 6.54 Å². The summed E-state index contributed by atoms with van der Waals surface area (Å²) in [5.74, 6) is 0. The zero-order valence-electron chi connectivity index (χ0n) is 9.14. The normalized spacial score (nSPS) is 10.1. The number of hydrogen-bond donors (Lipinski definition) is 1. The highest BCUT2D eigenvalue weighted by Gasteiger charge is 1.96. The van der Waals surface area contributed by atoms with Gasteiger partial charge in [0.2, 0.25) is 0 Å². The van der Waals surface area contributed by atoms with Gasteiger partial charge in [-0.15, -0.1) is 6.58 Å². The quantitative estimate of drug-likeness (QED) is 0.554. The Morgan fingerprint density at radius 1 is 1.36 bits per heavy atom. The van der Waals surface area contributed by atoms with E-state index in [0.29, 0.717) is 0 Å². The molecule has 0 radical (unpaired) electrons. The van der Waals surface area contributed by atoms with Gasteiger partial charge in [0.05, 0.1) is 0 Å². The maximum absolute atomic E-state index is 3.69. The molecule has 0 aliphatic heterocycles. The minimum absolute atomic E-state index is 0.958. The average Bonchev–Trinajstić information content (AvgIpc) is 2.15. The molecule has 1 aromatic rings. The summed E-state index contributed by atoms with van der Waals surface area (Å²) in [5, 5.41) is 3.39. The monoisotopic (exact) mass is 189 g/mol. The van der Waals surface area contributed by atoms with E-state index in [0.717, 1.165) is 19.5 Å². The molecule has 1 N–H and O–H groups in total. The Kier molecular flexibility index (Phi) is 4.41. The lowest BCUT2D eigenvalue weighted by atomic mass is 10.1. The van der Waals surface area contributed by atoms with Crippen LogP contribution in [0.25, 0.3) is 0 Å². The molecule has 0 aliphatic rings. The molecule has 0 heterocycles. The van der Waals surface area contributed by atoms with Crippen LogP contribution in [0.1, 0.15) is 23.1 Å². The van der Waals surface area contributed by atoms with Crippen LogP contribution in [0.2, 0.25) is 0 Å². The van der Waals surface area contributed by atoms with Crippen molar-refractivity contribution in [2.45, 2.75) is 26.8 Å². The summed E-state index contributed by atoms with van der Waals surface area (Å²) in [4.78, 5) is 0. The van der Waals surface area contributed by atoms with E-state index in [4.69, 9.17) is 0 Å². The molecule has 0 spiro atoms. The van der Waals surface area contributed by atoms with Crippen LogP contribution in [0.5, 0.6) is 0 Å². The van der Waals surface area contributed by atoms with E-state index >= 15 is 0 Å². The zero-order valence-corrected chi connectivity index (χ0v) is 9.14. The van der Waals surface area contributed by atoms with Crippen LogP contribution in [0.3, 0.4) is 0 Å². The van der Waals surface area contributed by atoms with Crippen molar-refractivity contribution in [2.75, 3.05) is 6.54 Å². The Bertz CT molecular complexity index is 302. The van der Waals surface area contributed by atoms with Crippen LogP contribution in [-0.4, -0.2) is 6.54 Å². The second-order valence-electron chi connectivity index (χ2n) is 3.68. The maximum atomic E-state index is 3.69. The van der Waals surface area contributed by atoms with Crippen molar-refractivity contribution in [1.29, 1.82) is 0 Å². The molecule has 0 amide bonds. The summed E-state index contributed by atoms with van der Waals surface area (Å²) < 4.78 is 0. The minimum Gasteiger partial charge on any atom is -0.312 e. The predicted octanol–water partition coefficient (Wildman–Crippen LogP) is 2.97. The number of rotatable bonds is 5. The smallest absolute Gasteiger partial charge is 0.0208 e. The van der Waals surface area contributed by atoms with Crippen LogP contribution < -0.4 is 5.32 Å². The van der Waals surface area contributed by atoms with Crippen molar-refractivity contribution in [1.82, 2.24) is 5.32 Å². The van der Waals surface area contributed by atoms with E-state index in [1.807, 2.05) is 6.08 Å². The zero-order chi connectivity index (χ0) is 10.4. The van der Waals surface area contributed by atoms with Crippen molar-refractivity contribution in [3.8, 4) is 0 Å². The van der Waals surface area contributed by atoms with Crippen molar-refractivity contribution in [2.24, 2.45) is 0 Å². The fourth-order valence-corrected chi connectivity index (χ4v) is 1.47. The SMILES string of the molecule is C=CCCNCc1ccc(C)cc1C. The third kappa shape index (κ3) is 3.35. The number of aryl methyl sites for hydroxylation is 2. The molecule has 1 aromatic carbocycles. The summed E-state index contributed by atoms with van der Waals surface area (Å²) in [6.07, 6.45) is 2.97. The van der Waals surface area contributed by atoms with Gasteiger partial charge in [0.1, 0.15) is 0 Å². The molecule has 1 nitrogen and oxygen atoms in total. The predicted molar refractivity (Wildman–Crippen MR) is 62.4 cm³/mol. The van der Waals surface area contributed by atoms with E-state index in [-0.39, 0.29) is 0 Å². The third-order valence-electron chi connectivity index (χ3n) is 2.34. The molecule has 0 fully saturated rings. The van der Waals surface area contributed by atoms with Crippen LogP contribution in [-0.2, 0) is 6.54 Å². The second-order valence-corrected chi connectivity index (χ2v) is 3.68. The van der Waals surface area contributed by atoms with Crippen LogP contribution in [0.4, 0.5) is 0 Å². The highest BCUT2D eigenvalue weighted by molar-refractivity contribution is 5.30. The molecule has 0 aliphatic carbocycles. The van der Waals surface area contributed by atoms with Gasteiger partial charge in [0.15, 0.2) is 0 Å². The largest absolute Gasteiger partial charge is 0.312 e.